The molecule has 0 aliphatic heterocycles. The van der Waals surface area contributed by atoms with Gasteiger partial charge in [-0.3, -0.25) is 4.79 Å². The molecule has 1 fully saturated rings. The quantitative estimate of drug-likeness (QED) is 0.801. The molecule has 0 heterocycles. The van der Waals surface area contributed by atoms with Crippen LogP contribution in [0.2, 0.25) is 5.02 Å². The maximum absolute atomic E-state index is 13.0. The van der Waals surface area contributed by atoms with Crippen LogP contribution in [0.4, 0.5) is 24.5 Å². The van der Waals surface area contributed by atoms with Gasteiger partial charge in [-0.2, -0.15) is 13.2 Å². The van der Waals surface area contributed by atoms with Crippen molar-refractivity contribution in [3.8, 4) is 0 Å². The molecule has 1 aromatic rings. The van der Waals surface area contributed by atoms with E-state index in [1.54, 1.807) is 0 Å². The van der Waals surface area contributed by atoms with Gasteiger partial charge in [-0.1, -0.05) is 24.4 Å². The number of carbonyl (C=O) groups is 1. The van der Waals surface area contributed by atoms with Gasteiger partial charge in [-0.15, -0.1) is 0 Å². The number of alkyl halides is 3. The van der Waals surface area contributed by atoms with E-state index in [9.17, 15) is 18.0 Å². The lowest BCUT2D eigenvalue weighted by atomic mass is 9.78. The first-order chi connectivity index (χ1) is 9.79. The third kappa shape index (κ3) is 3.81. The Bertz CT molecular complexity index is 533. The number of anilines is 2. The fourth-order valence-corrected chi connectivity index (χ4v) is 2.81. The summed E-state index contributed by atoms with van der Waals surface area (Å²) in [6.45, 7) is 0. The molecule has 0 bridgehead atoms. The van der Waals surface area contributed by atoms with Crippen molar-refractivity contribution in [1.29, 1.82) is 0 Å². The molecule has 1 aliphatic carbocycles. The van der Waals surface area contributed by atoms with Crippen molar-refractivity contribution in [1.82, 2.24) is 0 Å². The Balaban J connectivity index is 2.12. The zero-order valence-corrected chi connectivity index (χ0v) is 12.0. The molecule has 1 aliphatic rings. The average Bonchev–Trinajstić information content (AvgIpc) is 2.42. The summed E-state index contributed by atoms with van der Waals surface area (Å²) in [5.74, 6) is -3.23. The van der Waals surface area contributed by atoms with E-state index >= 15 is 0 Å². The molecule has 2 atom stereocenters. The zero-order valence-electron chi connectivity index (χ0n) is 11.2. The lowest BCUT2D eigenvalue weighted by Crippen LogP contribution is -2.39. The topological polar surface area (TPSA) is 55.1 Å². The summed E-state index contributed by atoms with van der Waals surface area (Å²) in [7, 11) is 0. The number of rotatable bonds is 2. The molecule has 0 radical (unpaired) electrons. The molecule has 2 unspecified atom stereocenters. The number of hydrogen-bond acceptors (Lipinski definition) is 2. The monoisotopic (exact) mass is 320 g/mol. The predicted molar refractivity (Wildman–Crippen MR) is 76.0 cm³/mol. The highest BCUT2D eigenvalue weighted by Crippen LogP contribution is 2.42. The largest absolute Gasteiger partial charge is 0.397 e. The Labute approximate surface area is 125 Å². The zero-order chi connectivity index (χ0) is 15.6. The number of nitrogen functional groups attached to an aromatic ring is 1. The highest BCUT2D eigenvalue weighted by atomic mass is 35.5. The van der Waals surface area contributed by atoms with Gasteiger partial charge in [0.1, 0.15) is 0 Å². The van der Waals surface area contributed by atoms with Gasteiger partial charge < -0.3 is 11.1 Å². The molecule has 2 rings (SSSR count). The van der Waals surface area contributed by atoms with Crippen LogP contribution in [0.3, 0.4) is 0 Å². The van der Waals surface area contributed by atoms with E-state index in [-0.39, 0.29) is 18.5 Å². The third-order valence-electron chi connectivity index (χ3n) is 3.79. The lowest BCUT2D eigenvalue weighted by molar-refractivity contribution is -0.197. The van der Waals surface area contributed by atoms with Crippen LogP contribution in [0, 0.1) is 11.8 Å². The second-order valence-electron chi connectivity index (χ2n) is 5.26. The van der Waals surface area contributed by atoms with Crippen molar-refractivity contribution in [3.63, 3.8) is 0 Å². The van der Waals surface area contributed by atoms with Crippen molar-refractivity contribution in [2.75, 3.05) is 11.1 Å². The van der Waals surface area contributed by atoms with Gasteiger partial charge in [-0.05, 0) is 31.0 Å². The first kappa shape index (κ1) is 15.9. The van der Waals surface area contributed by atoms with Gasteiger partial charge in [-0.25, -0.2) is 0 Å². The van der Waals surface area contributed by atoms with Crippen molar-refractivity contribution in [2.45, 2.75) is 31.9 Å². The molecule has 3 N–H and O–H groups in total. The van der Waals surface area contributed by atoms with E-state index < -0.39 is 23.9 Å². The number of halogens is 4. The van der Waals surface area contributed by atoms with E-state index in [0.717, 1.165) is 0 Å². The Hall–Kier alpha value is -1.43. The maximum atomic E-state index is 13.0. The number of nitrogens with two attached hydrogens (primary N) is 1. The maximum Gasteiger partial charge on any atom is 0.392 e. The van der Waals surface area contributed by atoms with Gasteiger partial charge >= 0.3 is 6.18 Å². The smallest absolute Gasteiger partial charge is 0.392 e. The van der Waals surface area contributed by atoms with Crippen molar-refractivity contribution < 1.29 is 18.0 Å². The van der Waals surface area contributed by atoms with Crippen molar-refractivity contribution in [2.24, 2.45) is 11.8 Å². The first-order valence-corrected chi connectivity index (χ1v) is 7.09. The van der Waals surface area contributed by atoms with E-state index in [4.69, 9.17) is 17.3 Å². The second-order valence-corrected chi connectivity index (χ2v) is 5.67. The minimum absolute atomic E-state index is 0.00431. The number of hydrogen-bond donors (Lipinski definition) is 2. The molecule has 3 nitrogen and oxygen atoms in total. The highest BCUT2D eigenvalue weighted by molar-refractivity contribution is 6.33. The molecular formula is C14H16ClF3N2O. The Morgan fingerprint density at radius 2 is 1.95 bits per heavy atom. The fraction of sp³-hybridized carbons (Fsp3) is 0.500. The predicted octanol–water partition coefficient (Wildman–Crippen LogP) is 4.23. The van der Waals surface area contributed by atoms with Crippen LogP contribution in [0.15, 0.2) is 18.2 Å². The summed E-state index contributed by atoms with van der Waals surface area (Å²) in [4.78, 5) is 12.1. The van der Waals surface area contributed by atoms with E-state index in [1.807, 2.05) is 0 Å². The number of carbonyl (C=O) groups excluding carboxylic acids is 1. The lowest BCUT2D eigenvalue weighted by Gasteiger charge is -2.32. The summed E-state index contributed by atoms with van der Waals surface area (Å²) in [6, 6.07) is 4.45. The van der Waals surface area contributed by atoms with Crippen molar-refractivity contribution >= 4 is 28.9 Å². The number of benzene rings is 1. The van der Waals surface area contributed by atoms with Gasteiger partial charge in [0.05, 0.1) is 16.6 Å². The van der Waals surface area contributed by atoms with E-state index in [1.165, 1.54) is 18.2 Å². The first-order valence-electron chi connectivity index (χ1n) is 6.71. The third-order valence-corrected chi connectivity index (χ3v) is 4.13. The van der Waals surface area contributed by atoms with Crippen LogP contribution < -0.4 is 11.1 Å². The van der Waals surface area contributed by atoms with Crippen molar-refractivity contribution in [3.05, 3.63) is 23.2 Å². The minimum atomic E-state index is -4.35. The van der Waals surface area contributed by atoms with Crippen LogP contribution in [-0.2, 0) is 4.79 Å². The summed E-state index contributed by atoms with van der Waals surface area (Å²) in [5, 5.41) is 2.84. The molecule has 21 heavy (non-hydrogen) atoms. The molecule has 0 aromatic heterocycles. The molecule has 116 valence electrons. The Kier molecular flexibility index (Phi) is 4.66. The van der Waals surface area contributed by atoms with Crippen LogP contribution in [0.25, 0.3) is 0 Å². The van der Waals surface area contributed by atoms with Crippen LogP contribution >= 0.6 is 11.6 Å². The van der Waals surface area contributed by atoms with Gasteiger partial charge in [0.15, 0.2) is 0 Å². The average molecular weight is 321 g/mol. The standard InChI is InChI=1S/C14H16ClF3N2O/c15-11-6-5-8(7-12(11)19)20-13(21)9-3-1-2-4-10(9)14(16,17)18/h5-7,9-10H,1-4,19H2,(H,20,21). The summed E-state index contributed by atoms with van der Waals surface area (Å²) >= 11 is 5.76. The Morgan fingerprint density at radius 3 is 2.57 bits per heavy atom. The molecule has 0 spiro atoms. The minimum Gasteiger partial charge on any atom is -0.397 e. The van der Waals surface area contributed by atoms with Gasteiger partial charge in [0.25, 0.3) is 0 Å². The molecule has 1 aromatic carbocycles. The van der Waals surface area contributed by atoms with Crippen LogP contribution in [-0.4, -0.2) is 12.1 Å². The summed E-state index contributed by atoms with van der Waals surface area (Å²) in [6.07, 6.45) is -2.96. The summed E-state index contributed by atoms with van der Waals surface area (Å²) in [5.41, 5.74) is 6.23. The highest BCUT2D eigenvalue weighted by Gasteiger charge is 2.48. The van der Waals surface area contributed by atoms with Crippen LogP contribution in [0.5, 0.6) is 0 Å². The van der Waals surface area contributed by atoms with Gasteiger partial charge in [0.2, 0.25) is 5.91 Å². The van der Waals surface area contributed by atoms with Crippen LogP contribution in [0.1, 0.15) is 25.7 Å². The molecule has 0 saturated heterocycles. The van der Waals surface area contributed by atoms with E-state index in [0.29, 0.717) is 23.6 Å². The summed E-state index contributed by atoms with van der Waals surface area (Å²) < 4.78 is 39.0. The number of nitrogens with one attached hydrogen (secondary N) is 1. The second kappa shape index (κ2) is 6.13. The Morgan fingerprint density at radius 1 is 1.29 bits per heavy atom. The molecule has 7 heteroatoms. The molecule has 1 amide bonds. The molecule has 1 saturated carbocycles. The van der Waals surface area contributed by atoms with E-state index in [2.05, 4.69) is 5.32 Å². The molecular weight excluding hydrogens is 305 g/mol. The number of amides is 1. The normalized spacial score (nSPS) is 22.9. The fourth-order valence-electron chi connectivity index (χ4n) is 2.69. The van der Waals surface area contributed by atoms with Gasteiger partial charge in [0, 0.05) is 11.6 Å². The SMILES string of the molecule is Nc1cc(NC(=O)C2CCCCC2C(F)(F)F)ccc1Cl.